The molecule has 0 spiro atoms. The number of hydrogen-bond donors (Lipinski definition) is 1. The molecule has 3 rings (SSSR count). The van der Waals surface area contributed by atoms with Gasteiger partial charge in [0.25, 0.3) is 0 Å². The minimum Gasteiger partial charge on any atom is -0.346 e. The van der Waals surface area contributed by atoms with Gasteiger partial charge in [-0.15, -0.1) is 0 Å². The first-order valence-electron chi connectivity index (χ1n) is 4.87. The summed E-state index contributed by atoms with van der Waals surface area (Å²) in [6, 6.07) is 4.06. The van der Waals surface area contributed by atoms with Crippen LogP contribution in [0.4, 0.5) is 0 Å². The topological polar surface area (TPSA) is 59.4 Å². The van der Waals surface area contributed by atoms with Gasteiger partial charge in [0.2, 0.25) is 0 Å². The van der Waals surface area contributed by atoms with E-state index in [0.29, 0.717) is 0 Å². The molecule has 0 saturated heterocycles. The molecule has 5 heteroatoms. The molecule has 3 aromatic heterocycles. The Kier molecular flexibility index (Phi) is 2.00. The summed E-state index contributed by atoms with van der Waals surface area (Å²) in [5.41, 5.74) is 1.93. The van der Waals surface area contributed by atoms with Crippen molar-refractivity contribution in [2.75, 3.05) is 0 Å². The van der Waals surface area contributed by atoms with Crippen LogP contribution in [0.15, 0.2) is 37.2 Å². The number of H-pyrrole nitrogens is 1. The molecule has 0 radical (unpaired) electrons. The third-order valence-corrected chi connectivity index (χ3v) is 2.28. The zero-order valence-electron chi connectivity index (χ0n) is 8.41. The standard InChI is InChI=1S/C11H9N5/c1-3-13-11-10(1)5-9(6-14-11)2-4-16-8-12-7-15-16/h1-8H,(H,13,14)/b4-2+. The largest absolute Gasteiger partial charge is 0.346 e. The zero-order valence-corrected chi connectivity index (χ0v) is 8.41. The van der Waals surface area contributed by atoms with E-state index >= 15 is 0 Å². The Bertz CT molecular complexity index is 621. The fraction of sp³-hybridized carbons (Fsp3) is 0. The minimum atomic E-state index is 0.901. The summed E-state index contributed by atoms with van der Waals surface area (Å²) in [4.78, 5) is 11.2. The van der Waals surface area contributed by atoms with Crippen molar-refractivity contribution < 1.29 is 0 Å². The Balaban J connectivity index is 1.94. The van der Waals surface area contributed by atoms with Gasteiger partial charge in [-0.3, -0.25) is 0 Å². The van der Waals surface area contributed by atoms with Crippen LogP contribution >= 0.6 is 0 Å². The first-order chi connectivity index (χ1) is 7.92. The molecule has 0 aliphatic heterocycles. The average Bonchev–Trinajstić information content (AvgIpc) is 2.97. The van der Waals surface area contributed by atoms with Gasteiger partial charge >= 0.3 is 0 Å². The van der Waals surface area contributed by atoms with Crippen molar-refractivity contribution in [3.05, 3.63) is 42.7 Å². The number of nitrogens with zero attached hydrogens (tertiary/aromatic N) is 4. The van der Waals surface area contributed by atoms with E-state index < -0.39 is 0 Å². The van der Waals surface area contributed by atoms with Crippen LogP contribution in [0.1, 0.15) is 5.56 Å². The first kappa shape index (κ1) is 8.84. The number of aromatic amines is 1. The lowest BCUT2D eigenvalue weighted by atomic mass is 10.2. The molecular weight excluding hydrogens is 202 g/mol. The Labute approximate surface area is 91.5 Å². The number of hydrogen-bond acceptors (Lipinski definition) is 3. The number of aromatic nitrogens is 5. The van der Waals surface area contributed by atoms with Crippen molar-refractivity contribution in [3.8, 4) is 0 Å². The Morgan fingerprint density at radius 2 is 2.38 bits per heavy atom. The molecule has 5 nitrogen and oxygen atoms in total. The molecule has 0 fully saturated rings. The number of fused-ring (bicyclic) bond motifs is 1. The summed E-state index contributed by atoms with van der Waals surface area (Å²) >= 11 is 0. The molecule has 0 aliphatic rings. The van der Waals surface area contributed by atoms with Gasteiger partial charge in [0, 0.05) is 24.0 Å². The fourth-order valence-corrected chi connectivity index (χ4v) is 1.50. The van der Waals surface area contributed by atoms with Crippen LogP contribution in [0.3, 0.4) is 0 Å². The van der Waals surface area contributed by atoms with Gasteiger partial charge in [0.15, 0.2) is 0 Å². The SMILES string of the molecule is C(=C\n1cncn1)/c1cnc2[nH]ccc2c1. The molecule has 0 aromatic carbocycles. The van der Waals surface area contributed by atoms with E-state index in [-0.39, 0.29) is 0 Å². The summed E-state index contributed by atoms with van der Waals surface area (Å²) in [7, 11) is 0. The maximum Gasteiger partial charge on any atom is 0.138 e. The van der Waals surface area contributed by atoms with Gasteiger partial charge in [0.05, 0.1) is 0 Å². The van der Waals surface area contributed by atoms with Crippen LogP contribution in [-0.4, -0.2) is 24.7 Å². The van der Waals surface area contributed by atoms with Gasteiger partial charge in [-0.25, -0.2) is 14.6 Å². The van der Waals surface area contributed by atoms with E-state index in [4.69, 9.17) is 0 Å². The van der Waals surface area contributed by atoms with E-state index in [9.17, 15) is 0 Å². The van der Waals surface area contributed by atoms with Crippen molar-refractivity contribution in [2.24, 2.45) is 0 Å². The third-order valence-electron chi connectivity index (χ3n) is 2.28. The van der Waals surface area contributed by atoms with Crippen molar-refractivity contribution in [3.63, 3.8) is 0 Å². The zero-order chi connectivity index (χ0) is 10.8. The van der Waals surface area contributed by atoms with Crippen LogP contribution in [0, 0.1) is 0 Å². The van der Waals surface area contributed by atoms with Gasteiger partial charge < -0.3 is 4.98 Å². The molecule has 0 unspecified atom stereocenters. The fourth-order valence-electron chi connectivity index (χ4n) is 1.50. The van der Waals surface area contributed by atoms with Crippen LogP contribution in [0.25, 0.3) is 23.3 Å². The summed E-state index contributed by atoms with van der Waals surface area (Å²) in [5, 5.41) is 5.07. The summed E-state index contributed by atoms with van der Waals surface area (Å²) in [6.07, 6.45) is 10.6. The van der Waals surface area contributed by atoms with Gasteiger partial charge in [0.1, 0.15) is 18.3 Å². The molecular formula is C11H9N5. The van der Waals surface area contributed by atoms with Crippen molar-refractivity contribution >= 4 is 23.3 Å². The monoisotopic (exact) mass is 211 g/mol. The Morgan fingerprint density at radius 3 is 3.25 bits per heavy atom. The molecule has 16 heavy (non-hydrogen) atoms. The van der Waals surface area contributed by atoms with Gasteiger partial charge in [-0.05, 0) is 23.8 Å². The van der Waals surface area contributed by atoms with Gasteiger partial charge in [-0.1, -0.05) is 0 Å². The molecule has 0 atom stereocenters. The third kappa shape index (κ3) is 1.58. The highest BCUT2D eigenvalue weighted by molar-refractivity contribution is 5.78. The van der Waals surface area contributed by atoms with Crippen molar-refractivity contribution in [1.29, 1.82) is 0 Å². The Hall–Kier alpha value is -2.43. The normalized spacial score (nSPS) is 11.5. The lowest BCUT2D eigenvalue weighted by molar-refractivity contribution is 0.936. The smallest absolute Gasteiger partial charge is 0.138 e. The number of pyridine rings is 1. The first-order valence-corrected chi connectivity index (χ1v) is 4.87. The second-order valence-corrected chi connectivity index (χ2v) is 3.38. The maximum atomic E-state index is 4.29. The molecule has 0 bridgehead atoms. The van der Waals surface area contributed by atoms with Crippen LogP contribution in [-0.2, 0) is 0 Å². The van der Waals surface area contributed by atoms with Crippen LogP contribution in [0.2, 0.25) is 0 Å². The second kappa shape index (κ2) is 3.62. The highest BCUT2D eigenvalue weighted by Crippen LogP contribution is 2.12. The van der Waals surface area contributed by atoms with Crippen molar-refractivity contribution in [1.82, 2.24) is 24.7 Å². The van der Waals surface area contributed by atoms with Crippen LogP contribution in [0.5, 0.6) is 0 Å². The summed E-state index contributed by atoms with van der Waals surface area (Å²) < 4.78 is 1.64. The maximum absolute atomic E-state index is 4.29. The molecule has 78 valence electrons. The summed E-state index contributed by atoms with van der Waals surface area (Å²) in [5.74, 6) is 0. The van der Waals surface area contributed by atoms with E-state index in [2.05, 4.69) is 26.1 Å². The second-order valence-electron chi connectivity index (χ2n) is 3.38. The quantitative estimate of drug-likeness (QED) is 0.702. The lowest BCUT2D eigenvalue weighted by Gasteiger charge is -1.93. The van der Waals surface area contributed by atoms with Crippen LogP contribution < -0.4 is 0 Å². The molecule has 1 N–H and O–H groups in total. The molecule has 3 aromatic rings. The molecule has 0 aliphatic carbocycles. The predicted octanol–water partition coefficient (Wildman–Crippen LogP) is 1.78. The lowest BCUT2D eigenvalue weighted by Crippen LogP contribution is -1.85. The van der Waals surface area contributed by atoms with Crippen molar-refractivity contribution in [2.45, 2.75) is 0 Å². The molecule has 3 heterocycles. The van der Waals surface area contributed by atoms with E-state index in [0.717, 1.165) is 16.6 Å². The van der Waals surface area contributed by atoms with Gasteiger partial charge in [-0.2, -0.15) is 5.10 Å². The average molecular weight is 211 g/mol. The van der Waals surface area contributed by atoms with E-state index in [1.807, 2.05) is 30.7 Å². The Morgan fingerprint density at radius 1 is 1.38 bits per heavy atom. The van der Waals surface area contributed by atoms with E-state index in [1.54, 1.807) is 11.0 Å². The molecule has 0 amide bonds. The summed E-state index contributed by atoms with van der Waals surface area (Å²) in [6.45, 7) is 0. The highest BCUT2D eigenvalue weighted by atomic mass is 15.3. The highest BCUT2D eigenvalue weighted by Gasteiger charge is 1.95. The van der Waals surface area contributed by atoms with E-state index in [1.165, 1.54) is 6.33 Å². The number of rotatable bonds is 2. The number of nitrogens with one attached hydrogen (secondary N) is 1. The minimum absolute atomic E-state index is 0.901. The molecule has 0 saturated carbocycles. The predicted molar refractivity (Wildman–Crippen MR) is 61.3 cm³/mol.